The quantitative estimate of drug-likeness (QED) is 0.502. The summed E-state index contributed by atoms with van der Waals surface area (Å²) in [7, 11) is 0. The Bertz CT molecular complexity index is 1330. The van der Waals surface area contributed by atoms with Gasteiger partial charge in [-0.25, -0.2) is 4.68 Å². The number of benzene rings is 2. The highest BCUT2D eigenvalue weighted by Crippen LogP contribution is 2.32. The lowest BCUT2D eigenvalue weighted by Gasteiger charge is -2.08. The Morgan fingerprint density at radius 2 is 1.94 bits per heavy atom. The molecule has 0 saturated carbocycles. The Kier molecular flexibility index (Phi) is 5.15. The second kappa shape index (κ2) is 7.93. The van der Waals surface area contributed by atoms with Crippen LogP contribution in [0.3, 0.4) is 0 Å². The minimum atomic E-state index is -0.787. The number of nitrogens with zero attached hydrogens (tertiary/aromatic N) is 5. The normalized spacial score (nSPS) is 10.6. The van der Waals surface area contributed by atoms with Gasteiger partial charge in [0, 0.05) is 5.56 Å². The fourth-order valence-electron chi connectivity index (χ4n) is 2.98. The molecule has 2 aromatic carbocycles. The van der Waals surface area contributed by atoms with Crippen LogP contribution in [0.15, 0.2) is 46.9 Å². The highest BCUT2D eigenvalue weighted by molar-refractivity contribution is 6.31. The fourth-order valence-corrected chi connectivity index (χ4v) is 3.19. The zero-order chi connectivity index (χ0) is 22.1. The number of carbonyl (C=O) groups excluding carboxylic acids is 1. The highest BCUT2D eigenvalue weighted by Gasteiger charge is 2.17. The molecule has 0 atom stereocenters. The first-order valence-electron chi connectivity index (χ1n) is 9.05. The molecule has 0 aliphatic rings. The zero-order valence-corrected chi connectivity index (χ0v) is 17.2. The van der Waals surface area contributed by atoms with Gasteiger partial charge in [0.05, 0.1) is 22.0 Å². The molecule has 0 aliphatic carbocycles. The number of nitriles is 1. The van der Waals surface area contributed by atoms with Gasteiger partial charge in [0.1, 0.15) is 17.5 Å². The van der Waals surface area contributed by atoms with Crippen LogP contribution in [0.1, 0.15) is 27.6 Å². The molecular formula is C21H15ClN6O3. The van der Waals surface area contributed by atoms with Gasteiger partial charge in [-0.05, 0) is 56.3 Å². The van der Waals surface area contributed by atoms with Gasteiger partial charge in [0.2, 0.25) is 5.89 Å². The molecule has 1 amide bonds. The maximum atomic E-state index is 11.1. The molecule has 154 valence electrons. The summed E-state index contributed by atoms with van der Waals surface area (Å²) in [5.41, 5.74) is 8.31. The summed E-state index contributed by atoms with van der Waals surface area (Å²) < 4.78 is 13.0. The van der Waals surface area contributed by atoms with E-state index in [0.717, 1.165) is 11.4 Å². The molecule has 2 heterocycles. The molecule has 31 heavy (non-hydrogen) atoms. The lowest BCUT2D eigenvalue weighted by atomic mass is 10.2. The Morgan fingerprint density at radius 1 is 1.19 bits per heavy atom. The van der Waals surface area contributed by atoms with E-state index in [0.29, 0.717) is 33.3 Å². The second-order valence-electron chi connectivity index (χ2n) is 6.59. The van der Waals surface area contributed by atoms with Gasteiger partial charge >= 0.3 is 11.8 Å². The fraction of sp³-hybridized carbons (Fsp3) is 0.0952. The van der Waals surface area contributed by atoms with E-state index in [1.54, 1.807) is 47.1 Å². The number of nitrogens with two attached hydrogens (primary N) is 1. The molecule has 0 aliphatic heterocycles. The van der Waals surface area contributed by atoms with Crippen LogP contribution in [0.5, 0.6) is 11.5 Å². The molecule has 0 unspecified atom stereocenters. The van der Waals surface area contributed by atoms with Crippen LogP contribution in [0, 0.1) is 25.2 Å². The number of amides is 1. The van der Waals surface area contributed by atoms with Crippen LogP contribution in [0.2, 0.25) is 5.02 Å². The van der Waals surface area contributed by atoms with Crippen molar-refractivity contribution in [2.24, 2.45) is 5.73 Å². The van der Waals surface area contributed by atoms with Gasteiger partial charge in [-0.15, -0.1) is 10.2 Å². The molecule has 2 aromatic heterocycles. The Morgan fingerprint density at radius 3 is 2.55 bits per heavy atom. The minimum Gasteiger partial charge on any atom is -0.453 e. The van der Waals surface area contributed by atoms with Gasteiger partial charge in [-0.1, -0.05) is 11.6 Å². The lowest BCUT2D eigenvalue weighted by Crippen LogP contribution is -2.10. The maximum Gasteiger partial charge on any atom is 0.306 e. The van der Waals surface area contributed by atoms with Crippen LogP contribution in [0.25, 0.3) is 17.1 Å². The number of aromatic nitrogens is 4. The van der Waals surface area contributed by atoms with Crippen molar-refractivity contribution in [1.29, 1.82) is 5.26 Å². The van der Waals surface area contributed by atoms with E-state index in [2.05, 4.69) is 15.3 Å². The van der Waals surface area contributed by atoms with Crippen LogP contribution in [0.4, 0.5) is 0 Å². The number of primary amides is 1. The molecule has 4 aromatic rings. The smallest absolute Gasteiger partial charge is 0.306 e. The minimum absolute atomic E-state index is 0.179. The van der Waals surface area contributed by atoms with Gasteiger partial charge < -0.3 is 14.9 Å². The van der Waals surface area contributed by atoms with Crippen molar-refractivity contribution >= 4 is 17.5 Å². The summed E-state index contributed by atoms with van der Waals surface area (Å²) in [6, 6.07) is 14.1. The van der Waals surface area contributed by atoms with E-state index in [1.807, 2.05) is 19.9 Å². The largest absolute Gasteiger partial charge is 0.453 e. The first kappa shape index (κ1) is 20.1. The summed E-state index contributed by atoms with van der Waals surface area (Å²) in [5.74, 6) is 0.310. The van der Waals surface area contributed by atoms with Crippen LogP contribution < -0.4 is 10.5 Å². The number of aryl methyl sites for hydroxylation is 1. The van der Waals surface area contributed by atoms with Gasteiger partial charge in [0.15, 0.2) is 5.75 Å². The average Bonchev–Trinajstić information content (AvgIpc) is 3.35. The van der Waals surface area contributed by atoms with Crippen molar-refractivity contribution < 1.29 is 13.9 Å². The SMILES string of the molecule is Cc1nn(-c2ccc(C#N)c(Cl)c2)c(C)c1Oc1ccc(-c2nnc(C(N)=O)o2)cc1. The van der Waals surface area contributed by atoms with E-state index < -0.39 is 5.91 Å². The van der Waals surface area contributed by atoms with E-state index in [4.69, 9.17) is 31.8 Å². The van der Waals surface area contributed by atoms with Crippen LogP contribution >= 0.6 is 11.6 Å². The van der Waals surface area contributed by atoms with Gasteiger partial charge in [-0.2, -0.15) is 10.4 Å². The molecule has 2 N–H and O–H groups in total. The number of ether oxygens (including phenoxy) is 1. The summed E-state index contributed by atoms with van der Waals surface area (Å²) in [6.07, 6.45) is 0. The molecule has 0 spiro atoms. The Balaban J connectivity index is 1.59. The van der Waals surface area contributed by atoms with E-state index in [1.165, 1.54) is 0 Å². The van der Waals surface area contributed by atoms with Crippen molar-refractivity contribution in [3.8, 4) is 34.7 Å². The van der Waals surface area contributed by atoms with Crippen molar-refractivity contribution in [2.45, 2.75) is 13.8 Å². The number of hydrogen-bond acceptors (Lipinski definition) is 7. The predicted octanol–water partition coefficient (Wildman–Crippen LogP) is 3.96. The topological polar surface area (TPSA) is 133 Å². The summed E-state index contributed by atoms with van der Waals surface area (Å²) in [6.45, 7) is 3.71. The van der Waals surface area contributed by atoms with Crippen molar-refractivity contribution in [2.75, 3.05) is 0 Å². The van der Waals surface area contributed by atoms with E-state index in [9.17, 15) is 4.79 Å². The third-order valence-corrected chi connectivity index (χ3v) is 4.81. The monoisotopic (exact) mass is 434 g/mol. The molecule has 10 heteroatoms. The number of rotatable bonds is 5. The number of carbonyl (C=O) groups is 1. The van der Waals surface area contributed by atoms with Crippen molar-refractivity contribution in [3.63, 3.8) is 0 Å². The van der Waals surface area contributed by atoms with Gasteiger partial charge in [-0.3, -0.25) is 4.79 Å². The zero-order valence-electron chi connectivity index (χ0n) is 16.5. The Labute approximate surface area is 181 Å². The van der Waals surface area contributed by atoms with Crippen molar-refractivity contribution in [1.82, 2.24) is 20.0 Å². The maximum absolute atomic E-state index is 11.1. The van der Waals surface area contributed by atoms with E-state index in [-0.39, 0.29) is 11.8 Å². The summed E-state index contributed by atoms with van der Waals surface area (Å²) in [5, 5.41) is 21.3. The van der Waals surface area contributed by atoms with E-state index >= 15 is 0 Å². The van der Waals surface area contributed by atoms with Gasteiger partial charge in [0.25, 0.3) is 0 Å². The third-order valence-electron chi connectivity index (χ3n) is 4.50. The molecular weight excluding hydrogens is 420 g/mol. The summed E-state index contributed by atoms with van der Waals surface area (Å²) in [4.78, 5) is 11.1. The number of hydrogen-bond donors (Lipinski definition) is 1. The Hall–Kier alpha value is -4.16. The number of halogens is 1. The predicted molar refractivity (Wildman–Crippen MR) is 111 cm³/mol. The molecule has 0 bridgehead atoms. The second-order valence-corrected chi connectivity index (χ2v) is 7.00. The molecule has 0 saturated heterocycles. The average molecular weight is 435 g/mol. The summed E-state index contributed by atoms with van der Waals surface area (Å²) >= 11 is 6.15. The highest BCUT2D eigenvalue weighted by atomic mass is 35.5. The first-order chi connectivity index (χ1) is 14.9. The molecule has 0 fully saturated rings. The standard InChI is InChI=1S/C21H15ClN6O3/c1-11-18(12(2)28(27-11)15-6-3-14(10-23)17(22)9-15)30-16-7-4-13(5-8-16)20-25-26-21(31-20)19(24)29/h3-9H,1-2H3,(H2,24,29). The van der Waals surface area contributed by atoms with Crippen molar-refractivity contribution in [3.05, 3.63) is 70.3 Å². The lowest BCUT2D eigenvalue weighted by molar-refractivity contribution is 0.0968. The third kappa shape index (κ3) is 3.84. The molecule has 0 radical (unpaired) electrons. The van der Waals surface area contributed by atoms with Crippen LogP contribution in [-0.2, 0) is 0 Å². The molecule has 4 rings (SSSR count). The van der Waals surface area contributed by atoms with Crippen LogP contribution in [-0.4, -0.2) is 25.9 Å². The first-order valence-corrected chi connectivity index (χ1v) is 9.43. The molecule has 9 nitrogen and oxygen atoms in total.